The summed E-state index contributed by atoms with van der Waals surface area (Å²) < 4.78 is 5.41. The van der Waals surface area contributed by atoms with Gasteiger partial charge in [-0.05, 0) is 37.8 Å². The fraction of sp³-hybridized carbons (Fsp3) is 1.00. The maximum atomic E-state index is 5.41. The van der Waals surface area contributed by atoms with Crippen molar-refractivity contribution < 1.29 is 4.74 Å². The van der Waals surface area contributed by atoms with Gasteiger partial charge < -0.3 is 15.0 Å². The van der Waals surface area contributed by atoms with Crippen LogP contribution < -0.4 is 5.32 Å². The fourth-order valence-electron chi connectivity index (χ4n) is 2.88. The third-order valence-electron chi connectivity index (χ3n) is 4.13. The Bertz CT molecular complexity index is 204. The second kappa shape index (κ2) is 5.99. The zero-order valence-electron chi connectivity index (χ0n) is 10.7. The summed E-state index contributed by atoms with van der Waals surface area (Å²) in [4.78, 5) is 2.56. The predicted molar refractivity (Wildman–Crippen MR) is 66.6 cm³/mol. The number of piperidine rings is 1. The average Bonchev–Trinajstić information content (AvgIpc) is 2.80. The van der Waals surface area contributed by atoms with Crippen LogP contribution in [0.4, 0.5) is 0 Å². The van der Waals surface area contributed by atoms with Crippen LogP contribution >= 0.6 is 0 Å². The first kappa shape index (κ1) is 12.3. The van der Waals surface area contributed by atoms with Crippen molar-refractivity contribution >= 4 is 0 Å². The minimum absolute atomic E-state index is 0.725. The fourth-order valence-corrected chi connectivity index (χ4v) is 2.88. The molecule has 3 unspecified atom stereocenters. The molecule has 0 aromatic rings. The molecule has 0 aromatic carbocycles. The van der Waals surface area contributed by atoms with E-state index in [-0.39, 0.29) is 0 Å². The van der Waals surface area contributed by atoms with E-state index in [0.717, 1.165) is 37.6 Å². The van der Waals surface area contributed by atoms with Gasteiger partial charge in [0, 0.05) is 25.7 Å². The number of hydrogen-bond acceptors (Lipinski definition) is 3. The van der Waals surface area contributed by atoms with Gasteiger partial charge >= 0.3 is 0 Å². The number of likely N-dealkylation sites (tertiary alicyclic amines) is 1. The molecule has 94 valence electrons. The van der Waals surface area contributed by atoms with Crippen molar-refractivity contribution in [2.45, 2.75) is 32.7 Å². The summed E-state index contributed by atoms with van der Waals surface area (Å²) in [6, 6.07) is 0.725. The summed E-state index contributed by atoms with van der Waals surface area (Å²) in [5.41, 5.74) is 0. The van der Waals surface area contributed by atoms with E-state index in [1.807, 2.05) is 0 Å². The minimum Gasteiger partial charge on any atom is -0.381 e. The molecule has 3 heteroatoms. The lowest BCUT2D eigenvalue weighted by Gasteiger charge is -2.37. The van der Waals surface area contributed by atoms with Crippen LogP contribution in [0.3, 0.4) is 0 Å². The molecule has 0 aromatic heterocycles. The van der Waals surface area contributed by atoms with Crippen molar-refractivity contribution in [1.82, 2.24) is 10.2 Å². The summed E-state index contributed by atoms with van der Waals surface area (Å²) in [5, 5.41) is 3.75. The molecule has 2 heterocycles. The van der Waals surface area contributed by atoms with Gasteiger partial charge in [0.15, 0.2) is 0 Å². The number of nitrogens with one attached hydrogen (secondary N) is 1. The summed E-state index contributed by atoms with van der Waals surface area (Å²) in [6.07, 6.45) is 2.55. The van der Waals surface area contributed by atoms with Crippen LogP contribution in [0.5, 0.6) is 0 Å². The lowest BCUT2D eigenvalue weighted by atomic mass is 9.93. The summed E-state index contributed by atoms with van der Waals surface area (Å²) >= 11 is 0. The lowest BCUT2D eigenvalue weighted by molar-refractivity contribution is 0.147. The average molecular weight is 226 g/mol. The van der Waals surface area contributed by atoms with E-state index >= 15 is 0 Å². The monoisotopic (exact) mass is 226 g/mol. The molecular weight excluding hydrogens is 200 g/mol. The molecule has 3 nitrogen and oxygen atoms in total. The maximum absolute atomic E-state index is 5.41. The Kier molecular flexibility index (Phi) is 4.62. The first-order valence-corrected chi connectivity index (χ1v) is 6.83. The summed E-state index contributed by atoms with van der Waals surface area (Å²) in [6.45, 7) is 11.5. The van der Waals surface area contributed by atoms with Gasteiger partial charge in [-0.2, -0.15) is 0 Å². The van der Waals surface area contributed by atoms with Crippen LogP contribution in [-0.2, 0) is 4.74 Å². The van der Waals surface area contributed by atoms with Gasteiger partial charge in [-0.15, -0.1) is 0 Å². The van der Waals surface area contributed by atoms with Crippen molar-refractivity contribution in [3.8, 4) is 0 Å². The van der Waals surface area contributed by atoms with Crippen LogP contribution in [0.2, 0.25) is 0 Å². The third-order valence-corrected chi connectivity index (χ3v) is 4.13. The molecule has 2 rings (SSSR count). The zero-order valence-corrected chi connectivity index (χ0v) is 10.7. The van der Waals surface area contributed by atoms with Crippen molar-refractivity contribution in [2.75, 3.05) is 39.4 Å². The molecule has 2 fully saturated rings. The second-order valence-corrected chi connectivity index (χ2v) is 5.40. The molecule has 0 saturated carbocycles. The van der Waals surface area contributed by atoms with E-state index in [0.29, 0.717) is 0 Å². The maximum Gasteiger partial charge on any atom is 0.0507 e. The van der Waals surface area contributed by atoms with E-state index in [1.54, 1.807) is 0 Å². The smallest absolute Gasteiger partial charge is 0.0507 e. The highest BCUT2D eigenvalue weighted by atomic mass is 16.5. The molecule has 2 saturated heterocycles. The molecule has 16 heavy (non-hydrogen) atoms. The molecule has 2 aliphatic rings. The highest BCUT2D eigenvalue weighted by molar-refractivity contribution is 4.83. The Morgan fingerprint density at radius 1 is 1.38 bits per heavy atom. The van der Waals surface area contributed by atoms with Crippen LogP contribution in [0.15, 0.2) is 0 Å². The van der Waals surface area contributed by atoms with Gasteiger partial charge in [0.1, 0.15) is 0 Å². The number of ether oxygens (including phenoxy) is 1. The summed E-state index contributed by atoms with van der Waals surface area (Å²) in [7, 11) is 0. The van der Waals surface area contributed by atoms with E-state index < -0.39 is 0 Å². The quantitative estimate of drug-likeness (QED) is 0.783. The molecule has 0 bridgehead atoms. The molecule has 1 N–H and O–H groups in total. The zero-order chi connectivity index (χ0) is 11.4. The Hall–Kier alpha value is -0.120. The van der Waals surface area contributed by atoms with E-state index in [4.69, 9.17) is 4.74 Å². The Morgan fingerprint density at radius 3 is 2.88 bits per heavy atom. The third kappa shape index (κ3) is 3.19. The second-order valence-electron chi connectivity index (χ2n) is 5.40. The largest absolute Gasteiger partial charge is 0.381 e. The highest BCUT2D eigenvalue weighted by Crippen LogP contribution is 2.18. The normalized spacial score (nSPS) is 36.8. The molecule has 3 atom stereocenters. The molecule has 0 radical (unpaired) electrons. The lowest BCUT2D eigenvalue weighted by Crippen LogP contribution is -2.49. The SMILES string of the molecule is CCN1CCC(NCC2CCOC2)C(C)C1. The van der Waals surface area contributed by atoms with Gasteiger partial charge in [-0.1, -0.05) is 13.8 Å². The molecule has 2 aliphatic heterocycles. The number of rotatable bonds is 4. The Morgan fingerprint density at radius 2 is 2.25 bits per heavy atom. The van der Waals surface area contributed by atoms with Crippen LogP contribution in [-0.4, -0.2) is 50.3 Å². The van der Waals surface area contributed by atoms with Gasteiger partial charge in [-0.3, -0.25) is 0 Å². The highest BCUT2D eigenvalue weighted by Gasteiger charge is 2.26. The van der Waals surface area contributed by atoms with Crippen molar-refractivity contribution in [3.05, 3.63) is 0 Å². The first-order chi connectivity index (χ1) is 7.79. The van der Waals surface area contributed by atoms with Crippen LogP contribution in [0.25, 0.3) is 0 Å². The van der Waals surface area contributed by atoms with Gasteiger partial charge in [0.25, 0.3) is 0 Å². The van der Waals surface area contributed by atoms with Crippen molar-refractivity contribution in [2.24, 2.45) is 11.8 Å². The standard InChI is InChI=1S/C13H26N2O/c1-3-15-6-4-13(11(2)9-15)14-8-12-5-7-16-10-12/h11-14H,3-10H2,1-2H3. The van der Waals surface area contributed by atoms with Gasteiger partial charge in [-0.25, -0.2) is 0 Å². The molecule has 0 spiro atoms. The summed E-state index contributed by atoms with van der Waals surface area (Å²) in [5.74, 6) is 1.55. The van der Waals surface area contributed by atoms with E-state index in [2.05, 4.69) is 24.1 Å². The van der Waals surface area contributed by atoms with Crippen molar-refractivity contribution in [1.29, 1.82) is 0 Å². The van der Waals surface area contributed by atoms with Crippen LogP contribution in [0, 0.1) is 11.8 Å². The van der Waals surface area contributed by atoms with Gasteiger partial charge in [0.05, 0.1) is 6.61 Å². The van der Waals surface area contributed by atoms with E-state index in [9.17, 15) is 0 Å². The Balaban J connectivity index is 1.69. The van der Waals surface area contributed by atoms with Gasteiger partial charge in [0.2, 0.25) is 0 Å². The molecule has 0 aliphatic carbocycles. The van der Waals surface area contributed by atoms with Crippen molar-refractivity contribution in [3.63, 3.8) is 0 Å². The predicted octanol–water partition coefficient (Wildman–Crippen LogP) is 1.34. The number of nitrogens with zero attached hydrogens (tertiary/aromatic N) is 1. The molecule has 0 amide bonds. The number of hydrogen-bond donors (Lipinski definition) is 1. The molecular formula is C13H26N2O. The Labute approximate surface area is 99.5 Å². The first-order valence-electron chi connectivity index (χ1n) is 6.83. The topological polar surface area (TPSA) is 24.5 Å². The van der Waals surface area contributed by atoms with Crippen LogP contribution in [0.1, 0.15) is 26.7 Å². The minimum atomic E-state index is 0.725. The van der Waals surface area contributed by atoms with E-state index in [1.165, 1.54) is 32.5 Å².